The van der Waals surface area contributed by atoms with Crippen molar-refractivity contribution in [3.63, 3.8) is 0 Å². The van der Waals surface area contributed by atoms with Gasteiger partial charge in [-0.05, 0) is 73.4 Å². The molecule has 4 saturated heterocycles. The maximum absolute atomic E-state index is 13.4. The van der Waals surface area contributed by atoms with Crippen molar-refractivity contribution in [2.24, 2.45) is 0 Å². The van der Waals surface area contributed by atoms with Crippen LogP contribution in [0.2, 0.25) is 0 Å². The zero-order valence-corrected chi connectivity index (χ0v) is 65.9. The number of nitrogens with zero attached hydrogens (tertiary/aromatic N) is 12. The number of esters is 1. The van der Waals surface area contributed by atoms with Crippen molar-refractivity contribution in [3.8, 4) is 11.5 Å². The minimum Gasteiger partial charge on any atom is -0.756 e. The molecule has 10 heterocycles. The summed E-state index contributed by atoms with van der Waals surface area (Å²) in [6.07, 6.45) is -7.70. The topological polar surface area (TPSA) is 597 Å². The molecular formula is C65H88N19NaO23P2. The van der Waals surface area contributed by atoms with E-state index in [0.29, 0.717) is 17.9 Å². The second-order valence-corrected chi connectivity index (χ2v) is 31.7. The minimum atomic E-state index is -5.13. The fraction of sp³-hybridized carbons (Fsp3) is 0.538. The minimum absolute atomic E-state index is 0. The van der Waals surface area contributed by atoms with Crippen LogP contribution in [0.15, 0.2) is 93.0 Å². The number of aliphatic hydroxyl groups is 2. The van der Waals surface area contributed by atoms with Crippen molar-refractivity contribution in [1.29, 1.82) is 0 Å². The molecule has 12 rings (SSSR count). The third-order valence-corrected chi connectivity index (χ3v) is 19.0. The predicted molar refractivity (Wildman–Crippen MR) is 379 cm³/mol. The molecule has 14 N–H and O–H groups in total. The van der Waals surface area contributed by atoms with Gasteiger partial charge in [-0.15, -0.1) is 0 Å². The van der Waals surface area contributed by atoms with Crippen LogP contribution in [-0.2, 0) is 71.3 Å². The summed E-state index contributed by atoms with van der Waals surface area (Å²) >= 11 is 0. The summed E-state index contributed by atoms with van der Waals surface area (Å²) < 4.78 is 92.2. The summed E-state index contributed by atoms with van der Waals surface area (Å²) in [5.41, 5.74) is 19.8. The Bertz CT molecular complexity index is 4870. The SMILES string of the molecule is CC(C)(C)[NH3+].CC[C@H]1O[C@@H](n2cnc(N)nc2=O)CC1OP(=O)([O-])OC[C@H]1O[C@@H](n2cnc3c(=O)[nH]c(NC(=O)COc4ccc(C(C)(C)C)cc4)nc32)CC1OC(=O)COc1ccc(C(C)(C)C)cc1.Nc1ncn([C@H]2CC(OP(=O)([O-])OC[C@H]3O[C@@H](n4cnc5c(=O)[nH]c(N)nc54)CC3O)[C@@H](CO)O2)c(=O)n1.[Na+]. The van der Waals surface area contributed by atoms with Crippen LogP contribution >= 0.6 is 15.6 Å². The van der Waals surface area contributed by atoms with E-state index in [2.05, 4.69) is 123 Å². The maximum Gasteiger partial charge on any atom is 1.00 e. The van der Waals surface area contributed by atoms with Crippen LogP contribution < -0.4 is 99.6 Å². The first-order valence-electron chi connectivity index (χ1n) is 34.3. The quantitative estimate of drug-likeness (QED) is 0.0173. The van der Waals surface area contributed by atoms with Crippen molar-refractivity contribution >= 4 is 73.6 Å². The third kappa shape index (κ3) is 22.5. The standard InChI is InChI=1S/C43H54N9O13P.C18H24N9O10P.C4H11N.Na/c1-8-28-30(18-34(62-28)52-23-46-39(44)50-41(52)56)65-66(57,58)61-19-31-29(64-35(54)21-60-27-15-11-25(12-16-27)43(5,6)7)17-33(63-31)51-22-45-36-37(51)48-40(49-38(36)55)47-32(53)20-59-26-13-9-24(10-14-26)42(2,3)4;19-16-22-6-27(18(31)25-16)12-2-8(9(3-28)35-12)37-38(32,33)34-4-10-7(29)1-11(36-10)26-5-21-13-14(26)23-17(20)24-15(13)30;1-4(2,3)5;/h9-16,22-23,28-31,33-34H,8,17-21H2,1-7H3,(H,57,58)(H2,44,50,56)(H2,47,48,49,53,55);5-12,28-29H,1-4H2,(H,32,33)(H2,19,25,31)(H3,20,23,24,30);5H2,1-3H3;/q;;;+1/p-1/t28-,29?,30?,31-,33-,34-;7?,8?,9-,10-,11-,12-;;/m11../s1. The van der Waals surface area contributed by atoms with E-state index < -0.39 is 150 Å². The number of phosphoric acid groups is 2. The number of aromatic amines is 2. The predicted octanol–water partition coefficient (Wildman–Crippen LogP) is -2.42. The molecule has 0 saturated carbocycles. The van der Waals surface area contributed by atoms with Gasteiger partial charge >= 0.3 is 46.9 Å². The number of aliphatic hydroxyl groups excluding tert-OH is 2. The number of amides is 1. The first-order valence-corrected chi connectivity index (χ1v) is 37.2. The van der Waals surface area contributed by atoms with Gasteiger partial charge in [-0.2, -0.15) is 19.9 Å². The van der Waals surface area contributed by atoms with Crippen LogP contribution in [-0.4, -0.2) is 178 Å². The Hall–Kier alpha value is -8.36. The van der Waals surface area contributed by atoms with Crippen molar-refractivity contribution < 1.29 is 125 Å². The van der Waals surface area contributed by atoms with Gasteiger partial charge < -0.3 is 94.2 Å². The van der Waals surface area contributed by atoms with Crippen molar-refractivity contribution in [2.75, 3.05) is 55.6 Å². The summed E-state index contributed by atoms with van der Waals surface area (Å²) in [5.74, 6) is -1.34. The number of nitrogens with one attached hydrogen (secondary N) is 3. The van der Waals surface area contributed by atoms with E-state index in [4.69, 9.17) is 68.5 Å². The average Bonchev–Trinajstić information content (AvgIpc) is 1.64. The van der Waals surface area contributed by atoms with E-state index in [-0.39, 0.29) is 124 Å². The monoisotopic (exact) mass is 1590 g/mol. The number of ether oxygens (including phenoxy) is 7. The number of hydrogen-bond donors (Lipinski definition) is 9. The van der Waals surface area contributed by atoms with Crippen LogP contribution in [0.4, 0.5) is 23.8 Å². The molecule has 14 atom stereocenters. The van der Waals surface area contributed by atoms with Crippen molar-refractivity contribution in [3.05, 3.63) is 127 Å². The van der Waals surface area contributed by atoms with Crippen molar-refractivity contribution in [1.82, 2.24) is 68.1 Å². The molecule has 592 valence electrons. The molecule has 4 fully saturated rings. The van der Waals surface area contributed by atoms with E-state index in [1.807, 2.05) is 24.3 Å². The first kappa shape index (κ1) is 85.6. The van der Waals surface area contributed by atoms with Crippen LogP contribution in [0.1, 0.15) is 137 Å². The molecule has 1 amide bonds. The number of anilines is 4. The Kier molecular flexibility index (Phi) is 27.7. The van der Waals surface area contributed by atoms with E-state index in [1.54, 1.807) is 31.2 Å². The average molecular weight is 1590 g/mol. The van der Waals surface area contributed by atoms with Crippen molar-refractivity contribution in [2.45, 2.75) is 191 Å². The largest absolute Gasteiger partial charge is 1.00 e. The summed E-state index contributed by atoms with van der Waals surface area (Å²) in [6.45, 7) is 17.7. The number of aromatic nitrogens is 14. The third-order valence-electron chi connectivity index (χ3n) is 17.0. The van der Waals surface area contributed by atoms with E-state index in [9.17, 15) is 57.9 Å². The van der Waals surface area contributed by atoms with E-state index in [0.717, 1.165) is 32.9 Å². The van der Waals surface area contributed by atoms with Gasteiger partial charge in [0.05, 0.1) is 62.4 Å². The smallest absolute Gasteiger partial charge is 0.756 e. The first-order chi connectivity index (χ1) is 51.2. The molecule has 45 heteroatoms. The second kappa shape index (κ2) is 35.6. The number of imidazole rings is 2. The normalized spacial score (nSPS) is 23.8. The van der Waals surface area contributed by atoms with Crippen LogP contribution in [0, 0.1) is 0 Å². The number of H-pyrrole nitrogens is 2. The Morgan fingerprint density at radius 3 is 1.51 bits per heavy atom. The number of benzene rings is 2. The zero-order valence-electron chi connectivity index (χ0n) is 62.1. The molecule has 4 aliphatic heterocycles. The molecular weight excluding hydrogens is 1500 g/mol. The Labute approximate surface area is 648 Å². The Balaban J connectivity index is 0.000000266. The summed E-state index contributed by atoms with van der Waals surface area (Å²) in [5, 5.41) is 22.6. The molecule has 4 aliphatic rings. The number of rotatable bonds is 24. The fourth-order valence-corrected chi connectivity index (χ4v) is 13.5. The second-order valence-electron chi connectivity index (χ2n) is 29.0. The Morgan fingerprint density at radius 2 is 1.02 bits per heavy atom. The van der Waals surface area contributed by atoms with Crippen LogP contribution in [0.5, 0.6) is 11.5 Å². The van der Waals surface area contributed by atoms with Gasteiger partial charge in [-0.3, -0.25) is 57.1 Å². The molecule has 110 heavy (non-hydrogen) atoms. The molecule has 6 unspecified atom stereocenters. The number of carbonyl (C=O) groups is 2. The van der Waals surface area contributed by atoms with Gasteiger partial charge in [0, 0.05) is 25.7 Å². The number of nitrogen functional groups attached to an aromatic ring is 3. The zero-order chi connectivity index (χ0) is 79.2. The van der Waals surface area contributed by atoms with Gasteiger partial charge in [-0.1, -0.05) is 72.7 Å². The number of nitrogens with two attached hydrogens (primary N) is 3. The molecule has 0 bridgehead atoms. The summed E-state index contributed by atoms with van der Waals surface area (Å²) in [4.78, 5) is 138. The molecule has 8 aromatic rings. The molecule has 0 spiro atoms. The maximum atomic E-state index is 13.4. The number of quaternary nitrogens is 1. The van der Waals surface area contributed by atoms with E-state index in [1.165, 1.54) is 21.8 Å². The van der Waals surface area contributed by atoms with Gasteiger partial charge in [0.1, 0.15) is 73.5 Å². The number of hydrogen-bond acceptors (Lipinski definition) is 34. The van der Waals surface area contributed by atoms with Gasteiger partial charge in [0.25, 0.3) is 32.7 Å². The number of fused-ring (bicyclic) bond motifs is 2. The summed E-state index contributed by atoms with van der Waals surface area (Å²) in [7, 11) is -10.1. The van der Waals surface area contributed by atoms with Crippen LogP contribution in [0.25, 0.3) is 22.3 Å². The molecule has 0 radical (unpaired) electrons. The molecule has 42 nitrogen and oxygen atoms in total. The Morgan fingerprint density at radius 1 is 0.600 bits per heavy atom. The fourth-order valence-electron chi connectivity index (χ4n) is 11.6. The van der Waals surface area contributed by atoms with E-state index >= 15 is 0 Å². The van der Waals surface area contributed by atoms with Gasteiger partial charge in [0.15, 0.2) is 35.5 Å². The molecule has 0 aliphatic carbocycles. The molecule has 2 aromatic carbocycles. The van der Waals surface area contributed by atoms with Gasteiger partial charge in [-0.25, -0.2) is 34.3 Å². The number of carbonyl (C=O) groups excluding carboxylic acids is 2. The number of phosphoric ester groups is 2. The van der Waals surface area contributed by atoms with Crippen LogP contribution in [0.3, 0.4) is 0 Å². The molecule has 6 aromatic heterocycles. The van der Waals surface area contributed by atoms with Gasteiger partial charge in [0.2, 0.25) is 23.8 Å². The summed E-state index contributed by atoms with van der Waals surface area (Å²) in [6, 6.07) is 14.6.